The van der Waals surface area contributed by atoms with E-state index in [1.165, 1.54) is 33.4 Å². The molecular formula is C31H31BO2. The molecule has 0 bridgehead atoms. The molecule has 1 aliphatic rings. The van der Waals surface area contributed by atoms with Crippen LogP contribution < -0.4 is 5.46 Å². The fourth-order valence-electron chi connectivity index (χ4n) is 4.43. The van der Waals surface area contributed by atoms with E-state index in [0.29, 0.717) is 0 Å². The quantitative estimate of drug-likeness (QED) is 0.306. The monoisotopic (exact) mass is 446 g/mol. The van der Waals surface area contributed by atoms with Crippen molar-refractivity contribution in [1.82, 2.24) is 0 Å². The van der Waals surface area contributed by atoms with E-state index >= 15 is 0 Å². The summed E-state index contributed by atoms with van der Waals surface area (Å²) >= 11 is 0. The van der Waals surface area contributed by atoms with Crippen LogP contribution in [-0.4, -0.2) is 18.3 Å². The van der Waals surface area contributed by atoms with Crippen LogP contribution >= 0.6 is 0 Å². The normalized spacial score (nSPS) is 16.6. The smallest absolute Gasteiger partial charge is 0.399 e. The molecule has 1 saturated heterocycles. The van der Waals surface area contributed by atoms with Crippen molar-refractivity contribution in [2.45, 2.75) is 45.8 Å². The van der Waals surface area contributed by atoms with Gasteiger partial charge in [0.25, 0.3) is 0 Å². The minimum Gasteiger partial charge on any atom is -0.399 e. The average Bonchev–Trinajstić information content (AvgIpc) is 3.06. The SMILES string of the molecule is Cc1cccc(-c2cccc(-c3cccc(-c4cccc(B5OC(C)(C)C(C)(C)O5)c4)c3)c2)c1. The summed E-state index contributed by atoms with van der Waals surface area (Å²) in [6.07, 6.45) is 0. The number of hydrogen-bond donors (Lipinski definition) is 0. The molecule has 4 aromatic carbocycles. The van der Waals surface area contributed by atoms with Crippen LogP contribution in [0.15, 0.2) is 97.1 Å². The first-order valence-corrected chi connectivity index (χ1v) is 12.0. The molecule has 34 heavy (non-hydrogen) atoms. The molecule has 1 heterocycles. The maximum absolute atomic E-state index is 6.28. The lowest BCUT2D eigenvalue weighted by molar-refractivity contribution is 0.00578. The maximum atomic E-state index is 6.28. The van der Waals surface area contributed by atoms with Crippen molar-refractivity contribution in [3.05, 3.63) is 103 Å². The van der Waals surface area contributed by atoms with Crippen LogP contribution in [0.25, 0.3) is 33.4 Å². The zero-order chi connectivity index (χ0) is 23.9. The van der Waals surface area contributed by atoms with Gasteiger partial charge < -0.3 is 9.31 Å². The van der Waals surface area contributed by atoms with Crippen LogP contribution in [0, 0.1) is 6.92 Å². The Morgan fingerprint density at radius 1 is 0.500 bits per heavy atom. The number of rotatable bonds is 4. The second kappa shape index (κ2) is 8.58. The highest BCUT2D eigenvalue weighted by atomic mass is 16.7. The molecule has 0 radical (unpaired) electrons. The van der Waals surface area contributed by atoms with Gasteiger partial charge in [-0.1, -0.05) is 90.5 Å². The highest BCUT2D eigenvalue weighted by Gasteiger charge is 2.51. The van der Waals surface area contributed by atoms with Gasteiger partial charge in [0.05, 0.1) is 11.2 Å². The highest BCUT2D eigenvalue weighted by molar-refractivity contribution is 6.62. The molecule has 5 rings (SSSR count). The first-order chi connectivity index (χ1) is 16.2. The van der Waals surface area contributed by atoms with Gasteiger partial charge >= 0.3 is 7.12 Å². The second-order valence-electron chi connectivity index (χ2n) is 10.2. The van der Waals surface area contributed by atoms with E-state index in [9.17, 15) is 0 Å². The van der Waals surface area contributed by atoms with Crippen molar-refractivity contribution >= 4 is 12.6 Å². The fourth-order valence-corrected chi connectivity index (χ4v) is 4.43. The summed E-state index contributed by atoms with van der Waals surface area (Å²) in [5, 5.41) is 0. The third-order valence-electron chi connectivity index (χ3n) is 7.16. The van der Waals surface area contributed by atoms with Gasteiger partial charge in [-0.25, -0.2) is 0 Å². The van der Waals surface area contributed by atoms with E-state index in [2.05, 4.69) is 132 Å². The molecule has 0 amide bonds. The first-order valence-electron chi connectivity index (χ1n) is 12.0. The van der Waals surface area contributed by atoms with E-state index in [-0.39, 0.29) is 18.3 Å². The van der Waals surface area contributed by atoms with Crippen LogP contribution in [0.5, 0.6) is 0 Å². The zero-order valence-corrected chi connectivity index (χ0v) is 20.6. The van der Waals surface area contributed by atoms with Gasteiger partial charge in [0, 0.05) is 0 Å². The first kappa shape index (κ1) is 22.6. The molecule has 0 aliphatic carbocycles. The van der Waals surface area contributed by atoms with Gasteiger partial charge in [0.1, 0.15) is 0 Å². The molecule has 2 nitrogen and oxygen atoms in total. The Hall–Kier alpha value is -3.14. The average molecular weight is 446 g/mol. The predicted octanol–water partition coefficient (Wildman–Crippen LogP) is 7.30. The van der Waals surface area contributed by atoms with E-state index in [0.717, 1.165) is 11.0 Å². The van der Waals surface area contributed by atoms with Crippen LogP contribution in [0.1, 0.15) is 33.3 Å². The van der Waals surface area contributed by atoms with Gasteiger partial charge in [-0.05, 0) is 85.6 Å². The van der Waals surface area contributed by atoms with Crippen molar-refractivity contribution in [3.63, 3.8) is 0 Å². The van der Waals surface area contributed by atoms with E-state index in [4.69, 9.17) is 9.31 Å². The van der Waals surface area contributed by atoms with E-state index in [1.54, 1.807) is 0 Å². The fraction of sp³-hybridized carbons (Fsp3) is 0.226. The molecular weight excluding hydrogens is 415 g/mol. The number of hydrogen-bond acceptors (Lipinski definition) is 2. The lowest BCUT2D eigenvalue weighted by Crippen LogP contribution is -2.41. The molecule has 0 N–H and O–H groups in total. The Bertz CT molecular complexity index is 1320. The topological polar surface area (TPSA) is 18.5 Å². The number of aryl methyl sites for hydroxylation is 1. The van der Waals surface area contributed by atoms with Gasteiger partial charge in [0.15, 0.2) is 0 Å². The molecule has 0 unspecified atom stereocenters. The Balaban J connectivity index is 1.46. The number of benzene rings is 4. The van der Waals surface area contributed by atoms with Gasteiger partial charge in [0.2, 0.25) is 0 Å². The summed E-state index contributed by atoms with van der Waals surface area (Å²) in [4.78, 5) is 0. The summed E-state index contributed by atoms with van der Waals surface area (Å²) in [5.41, 5.74) is 8.83. The van der Waals surface area contributed by atoms with Crippen molar-refractivity contribution in [3.8, 4) is 33.4 Å². The van der Waals surface area contributed by atoms with Crippen LogP contribution in [0.2, 0.25) is 0 Å². The molecule has 0 atom stereocenters. The van der Waals surface area contributed by atoms with Crippen LogP contribution in [0.4, 0.5) is 0 Å². The summed E-state index contributed by atoms with van der Waals surface area (Å²) in [7, 11) is -0.362. The zero-order valence-electron chi connectivity index (χ0n) is 20.6. The summed E-state index contributed by atoms with van der Waals surface area (Å²) in [5.74, 6) is 0. The standard InChI is InChI=1S/C31H31BO2/c1-22-10-6-11-23(18-22)24-12-7-13-25(19-24)26-14-8-15-27(20-26)28-16-9-17-29(21-28)32-33-30(2,3)31(4,5)34-32/h6-21H,1-5H3. The van der Waals surface area contributed by atoms with E-state index < -0.39 is 0 Å². The predicted molar refractivity (Wildman–Crippen MR) is 143 cm³/mol. The lowest BCUT2D eigenvalue weighted by atomic mass is 9.78. The van der Waals surface area contributed by atoms with Crippen molar-refractivity contribution in [1.29, 1.82) is 0 Å². The Morgan fingerprint density at radius 2 is 0.882 bits per heavy atom. The molecule has 0 spiro atoms. The molecule has 1 aliphatic heterocycles. The van der Waals surface area contributed by atoms with Crippen molar-refractivity contribution in [2.24, 2.45) is 0 Å². The van der Waals surface area contributed by atoms with Gasteiger partial charge in [-0.15, -0.1) is 0 Å². The molecule has 1 fully saturated rings. The Kier molecular flexibility index (Phi) is 5.71. The van der Waals surface area contributed by atoms with Crippen molar-refractivity contribution in [2.75, 3.05) is 0 Å². The van der Waals surface area contributed by atoms with Crippen LogP contribution in [-0.2, 0) is 9.31 Å². The lowest BCUT2D eigenvalue weighted by Gasteiger charge is -2.32. The second-order valence-corrected chi connectivity index (χ2v) is 10.2. The van der Waals surface area contributed by atoms with Gasteiger partial charge in [-0.2, -0.15) is 0 Å². The third-order valence-corrected chi connectivity index (χ3v) is 7.16. The molecule has 4 aromatic rings. The van der Waals surface area contributed by atoms with E-state index in [1.807, 2.05) is 0 Å². The molecule has 0 aromatic heterocycles. The summed E-state index contributed by atoms with van der Waals surface area (Å²) in [6.45, 7) is 10.5. The summed E-state index contributed by atoms with van der Waals surface area (Å²) < 4.78 is 12.6. The minimum atomic E-state index is -0.362. The highest BCUT2D eigenvalue weighted by Crippen LogP contribution is 2.37. The van der Waals surface area contributed by atoms with Crippen molar-refractivity contribution < 1.29 is 9.31 Å². The maximum Gasteiger partial charge on any atom is 0.494 e. The molecule has 3 heteroatoms. The van der Waals surface area contributed by atoms with Gasteiger partial charge in [-0.3, -0.25) is 0 Å². The molecule has 170 valence electrons. The minimum absolute atomic E-state index is 0.351. The third kappa shape index (κ3) is 4.34. The Morgan fingerprint density at radius 3 is 1.35 bits per heavy atom. The van der Waals surface area contributed by atoms with Crippen LogP contribution in [0.3, 0.4) is 0 Å². The molecule has 0 saturated carbocycles. The summed E-state index contributed by atoms with van der Waals surface area (Å²) in [6, 6.07) is 34.7. The Labute approximate surface area is 203 Å². The largest absolute Gasteiger partial charge is 0.494 e.